The molecule has 5 rings (SSSR count). The number of anilines is 1. The average molecular weight is 400 g/mol. The van der Waals surface area contributed by atoms with E-state index in [2.05, 4.69) is 17.1 Å². The Morgan fingerprint density at radius 1 is 1.22 bits per heavy atom. The maximum atomic E-state index is 12.9. The number of thiazole rings is 1. The highest BCUT2D eigenvalue weighted by Crippen LogP contribution is 2.53. The first-order valence-electron chi connectivity index (χ1n) is 8.84. The number of rotatable bonds is 5. The number of thioether (sulfide) groups is 1. The molecule has 2 aromatic rings. The van der Waals surface area contributed by atoms with Gasteiger partial charge in [-0.25, -0.2) is 9.88 Å². The molecule has 2 fully saturated rings. The minimum Gasteiger partial charge on any atom is -0.481 e. The van der Waals surface area contributed by atoms with E-state index in [-0.39, 0.29) is 41.9 Å². The molecule has 138 valence electrons. The van der Waals surface area contributed by atoms with E-state index in [1.54, 1.807) is 6.07 Å². The van der Waals surface area contributed by atoms with Gasteiger partial charge in [-0.1, -0.05) is 23.9 Å². The van der Waals surface area contributed by atoms with E-state index in [9.17, 15) is 14.4 Å². The van der Waals surface area contributed by atoms with Crippen molar-refractivity contribution in [1.82, 2.24) is 4.98 Å². The topological polar surface area (TPSA) is 87.6 Å². The Morgan fingerprint density at radius 3 is 2.59 bits per heavy atom. The number of hydrogen-bond acceptors (Lipinski definition) is 6. The Balaban J connectivity index is 1.41. The summed E-state index contributed by atoms with van der Waals surface area (Å²) in [4.78, 5) is 42.4. The molecular formula is C19H16N2O4S2. The fourth-order valence-corrected chi connectivity index (χ4v) is 6.57. The van der Waals surface area contributed by atoms with Crippen molar-refractivity contribution in [2.45, 2.75) is 17.2 Å². The Bertz CT molecular complexity index is 984. The van der Waals surface area contributed by atoms with E-state index in [1.807, 2.05) is 12.1 Å². The molecule has 1 aromatic carbocycles. The Morgan fingerprint density at radius 2 is 1.93 bits per heavy atom. The van der Waals surface area contributed by atoms with Crippen LogP contribution in [0, 0.1) is 23.7 Å². The number of nitrogens with zero attached hydrogens (tertiary/aromatic N) is 2. The van der Waals surface area contributed by atoms with E-state index >= 15 is 0 Å². The van der Waals surface area contributed by atoms with Crippen molar-refractivity contribution in [3.63, 3.8) is 0 Å². The van der Waals surface area contributed by atoms with Gasteiger partial charge in [0.15, 0.2) is 4.34 Å². The van der Waals surface area contributed by atoms with Gasteiger partial charge in [0.05, 0.1) is 34.2 Å². The van der Waals surface area contributed by atoms with Crippen LogP contribution < -0.4 is 4.90 Å². The predicted molar refractivity (Wildman–Crippen MR) is 103 cm³/mol. The van der Waals surface area contributed by atoms with E-state index in [0.29, 0.717) is 11.4 Å². The SMILES string of the molecule is O=C(O)CCSc1nc2ccc(N3C(=O)[C@@H]4[C@H](C3=O)[C@H]3C=C[C@H]4C3)cc2s1. The van der Waals surface area contributed by atoms with Gasteiger partial charge >= 0.3 is 5.97 Å². The van der Waals surface area contributed by atoms with E-state index in [4.69, 9.17) is 5.11 Å². The molecule has 0 radical (unpaired) electrons. The van der Waals surface area contributed by atoms with Gasteiger partial charge in [-0.15, -0.1) is 11.3 Å². The van der Waals surface area contributed by atoms with Gasteiger partial charge in [-0.2, -0.15) is 0 Å². The zero-order valence-corrected chi connectivity index (χ0v) is 15.8. The van der Waals surface area contributed by atoms with Crippen LogP contribution in [0.1, 0.15) is 12.8 Å². The van der Waals surface area contributed by atoms with Crippen molar-refractivity contribution in [3.8, 4) is 0 Å². The third-order valence-electron chi connectivity index (χ3n) is 5.62. The van der Waals surface area contributed by atoms with Crippen molar-refractivity contribution in [2.24, 2.45) is 23.7 Å². The lowest BCUT2D eigenvalue weighted by atomic mass is 9.85. The normalized spacial score (nSPS) is 28.5. The lowest BCUT2D eigenvalue weighted by Crippen LogP contribution is -2.32. The number of carboxylic acids is 1. The highest BCUT2D eigenvalue weighted by molar-refractivity contribution is 8.01. The quantitative estimate of drug-likeness (QED) is 0.471. The van der Waals surface area contributed by atoms with Crippen LogP contribution in [0.25, 0.3) is 10.2 Å². The van der Waals surface area contributed by atoms with Crippen molar-refractivity contribution >= 4 is 56.8 Å². The summed E-state index contributed by atoms with van der Waals surface area (Å²) in [5, 5.41) is 8.74. The number of carboxylic acid groups (broad SMARTS) is 1. The molecule has 27 heavy (non-hydrogen) atoms. The molecule has 1 aliphatic heterocycles. The van der Waals surface area contributed by atoms with Crippen LogP contribution >= 0.6 is 23.1 Å². The first-order valence-corrected chi connectivity index (χ1v) is 10.6. The molecule has 1 saturated heterocycles. The summed E-state index contributed by atoms with van der Waals surface area (Å²) in [6, 6.07) is 5.45. The zero-order valence-electron chi connectivity index (χ0n) is 14.2. The van der Waals surface area contributed by atoms with Crippen molar-refractivity contribution in [1.29, 1.82) is 0 Å². The second-order valence-corrected chi connectivity index (χ2v) is 9.51. The maximum absolute atomic E-state index is 12.9. The highest BCUT2D eigenvalue weighted by Gasteiger charge is 2.59. The molecular weight excluding hydrogens is 384 g/mol. The Hall–Kier alpha value is -2.19. The molecule has 1 aromatic heterocycles. The van der Waals surface area contributed by atoms with Crippen LogP contribution in [0.2, 0.25) is 0 Å². The molecule has 4 atom stereocenters. The fraction of sp³-hybridized carbons (Fsp3) is 0.368. The lowest BCUT2D eigenvalue weighted by molar-refractivity contribution is -0.136. The molecule has 1 saturated carbocycles. The number of fused-ring (bicyclic) bond motifs is 6. The van der Waals surface area contributed by atoms with E-state index in [0.717, 1.165) is 21.0 Å². The largest absolute Gasteiger partial charge is 0.481 e. The van der Waals surface area contributed by atoms with Crippen molar-refractivity contribution in [3.05, 3.63) is 30.4 Å². The van der Waals surface area contributed by atoms with Gasteiger partial charge in [0.25, 0.3) is 0 Å². The molecule has 8 heteroatoms. The number of hydrogen-bond donors (Lipinski definition) is 1. The number of imide groups is 1. The number of benzene rings is 1. The molecule has 2 amide bonds. The maximum Gasteiger partial charge on any atom is 0.304 e. The van der Waals surface area contributed by atoms with Gasteiger partial charge in [0.1, 0.15) is 0 Å². The number of carbonyl (C=O) groups is 3. The third-order valence-corrected chi connectivity index (χ3v) is 7.79. The van der Waals surface area contributed by atoms with Gasteiger partial charge in [0.2, 0.25) is 11.8 Å². The smallest absolute Gasteiger partial charge is 0.304 e. The van der Waals surface area contributed by atoms with Crippen LogP contribution in [-0.2, 0) is 14.4 Å². The molecule has 0 unspecified atom stereocenters. The molecule has 3 aliphatic rings. The molecule has 6 nitrogen and oxygen atoms in total. The van der Waals surface area contributed by atoms with Crippen molar-refractivity contribution < 1.29 is 19.5 Å². The number of aliphatic carboxylic acids is 1. The molecule has 2 aliphatic carbocycles. The van der Waals surface area contributed by atoms with E-state index < -0.39 is 5.97 Å². The summed E-state index contributed by atoms with van der Waals surface area (Å²) in [5.74, 6) is -0.533. The predicted octanol–water partition coefficient (Wildman–Crippen LogP) is 3.17. The summed E-state index contributed by atoms with van der Waals surface area (Å²) in [6.45, 7) is 0. The fourth-order valence-electron chi connectivity index (χ4n) is 4.48. The first-order chi connectivity index (χ1) is 13.0. The van der Waals surface area contributed by atoms with Gasteiger partial charge < -0.3 is 5.11 Å². The number of allylic oxidation sites excluding steroid dienone is 2. The lowest BCUT2D eigenvalue weighted by Gasteiger charge is -2.17. The van der Waals surface area contributed by atoms with Crippen LogP contribution in [0.5, 0.6) is 0 Å². The number of amides is 2. The van der Waals surface area contributed by atoms with Crippen molar-refractivity contribution in [2.75, 3.05) is 10.7 Å². The standard InChI is InChI=1S/C19H16N2O4S2/c22-14(23)5-6-26-19-20-12-4-3-11(8-13(12)27-19)21-17(24)15-9-1-2-10(7-9)16(15)18(21)25/h1-4,8-10,15-16H,5-7H2,(H,22,23)/t9-,10-,15-,16+/m0/s1. The van der Waals surface area contributed by atoms with E-state index in [1.165, 1.54) is 28.0 Å². The van der Waals surface area contributed by atoms with Gasteiger partial charge in [-0.05, 0) is 36.5 Å². The van der Waals surface area contributed by atoms with Gasteiger partial charge in [0, 0.05) is 5.75 Å². The molecule has 0 spiro atoms. The number of carbonyl (C=O) groups excluding carboxylic acids is 2. The Labute approximate surface area is 163 Å². The second kappa shape index (κ2) is 6.17. The average Bonchev–Trinajstić information content (AvgIpc) is 3.37. The second-order valence-electron chi connectivity index (χ2n) is 7.14. The minimum absolute atomic E-state index is 0.0817. The summed E-state index contributed by atoms with van der Waals surface area (Å²) < 4.78 is 1.69. The highest BCUT2D eigenvalue weighted by atomic mass is 32.2. The van der Waals surface area contributed by atoms with Crippen LogP contribution in [0.15, 0.2) is 34.7 Å². The van der Waals surface area contributed by atoms with Crippen LogP contribution in [-0.4, -0.2) is 33.6 Å². The summed E-state index contributed by atoms with van der Waals surface area (Å²) in [7, 11) is 0. The zero-order chi connectivity index (χ0) is 18.7. The van der Waals surface area contributed by atoms with Gasteiger partial charge in [-0.3, -0.25) is 14.4 Å². The summed E-state index contributed by atoms with van der Waals surface area (Å²) >= 11 is 2.86. The first kappa shape index (κ1) is 16.9. The van der Waals surface area contributed by atoms with Crippen LogP contribution in [0.3, 0.4) is 0 Å². The summed E-state index contributed by atoms with van der Waals surface area (Å²) in [5.41, 5.74) is 1.40. The monoisotopic (exact) mass is 400 g/mol. The summed E-state index contributed by atoms with van der Waals surface area (Å²) in [6.07, 6.45) is 5.19. The third kappa shape index (κ3) is 2.62. The van der Waals surface area contributed by atoms with Crippen LogP contribution in [0.4, 0.5) is 5.69 Å². The number of aromatic nitrogens is 1. The Kier molecular flexibility index (Phi) is 3.87. The minimum atomic E-state index is -0.828. The molecule has 2 heterocycles. The molecule has 1 N–H and O–H groups in total. The molecule has 2 bridgehead atoms.